The Bertz CT molecular complexity index is 266. The highest BCUT2D eigenvalue weighted by Gasteiger charge is 2.22. The second-order valence-corrected chi connectivity index (χ2v) is 3.75. The predicted molar refractivity (Wildman–Crippen MR) is 61.8 cm³/mol. The van der Waals surface area contributed by atoms with Crippen molar-refractivity contribution in [1.29, 1.82) is 0 Å². The van der Waals surface area contributed by atoms with Gasteiger partial charge in [-0.1, -0.05) is 13.0 Å². The van der Waals surface area contributed by atoms with Crippen molar-refractivity contribution >= 4 is 11.9 Å². The minimum absolute atomic E-state index is 0.190. The molecule has 2 atom stereocenters. The molecule has 0 aliphatic heterocycles. The van der Waals surface area contributed by atoms with E-state index >= 15 is 0 Å². The largest absolute Gasteiger partial charge is 0.481 e. The molecule has 0 aliphatic carbocycles. The molecule has 1 amide bonds. The van der Waals surface area contributed by atoms with Gasteiger partial charge in [0.15, 0.2) is 0 Å². The van der Waals surface area contributed by atoms with E-state index in [1.165, 1.54) is 4.90 Å². The maximum atomic E-state index is 11.8. The van der Waals surface area contributed by atoms with Crippen LogP contribution in [-0.4, -0.2) is 41.0 Å². The molecule has 16 heavy (non-hydrogen) atoms. The highest BCUT2D eigenvalue weighted by molar-refractivity contribution is 5.82. The summed E-state index contributed by atoms with van der Waals surface area (Å²) in [6, 6.07) is -0.626. The molecule has 5 nitrogen and oxygen atoms in total. The SMILES string of the molecule is C=CCC(N)C(=O)N(CC)CC(C)C(=O)O. The number of hydrogen-bond acceptors (Lipinski definition) is 3. The van der Waals surface area contributed by atoms with Crippen LogP contribution in [0.3, 0.4) is 0 Å². The second-order valence-electron chi connectivity index (χ2n) is 3.75. The van der Waals surface area contributed by atoms with Crippen LogP contribution in [0, 0.1) is 5.92 Å². The van der Waals surface area contributed by atoms with Crippen molar-refractivity contribution < 1.29 is 14.7 Å². The number of carboxylic acid groups (broad SMARTS) is 1. The quantitative estimate of drug-likeness (QED) is 0.620. The lowest BCUT2D eigenvalue weighted by Crippen LogP contribution is -2.45. The first kappa shape index (κ1) is 14.6. The number of hydrogen-bond donors (Lipinski definition) is 2. The molecule has 0 aromatic rings. The van der Waals surface area contributed by atoms with Crippen molar-refractivity contribution in [3.63, 3.8) is 0 Å². The lowest BCUT2D eigenvalue weighted by atomic mass is 10.1. The Morgan fingerprint density at radius 1 is 1.56 bits per heavy atom. The highest BCUT2D eigenvalue weighted by Crippen LogP contribution is 2.04. The van der Waals surface area contributed by atoms with Gasteiger partial charge in [0.05, 0.1) is 12.0 Å². The molecule has 0 heterocycles. The monoisotopic (exact) mass is 228 g/mol. The molecule has 0 fully saturated rings. The summed E-state index contributed by atoms with van der Waals surface area (Å²) in [6.45, 7) is 7.53. The normalized spacial score (nSPS) is 13.9. The molecule has 2 unspecified atom stereocenters. The van der Waals surface area contributed by atoms with Crippen LogP contribution in [-0.2, 0) is 9.59 Å². The number of likely N-dealkylation sites (N-methyl/N-ethyl adjacent to an activating group) is 1. The molecule has 0 saturated heterocycles. The van der Waals surface area contributed by atoms with E-state index in [2.05, 4.69) is 6.58 Å². The van der Waals surface area contributed by atoms with Gasteiger partial charge in [-0.3, -0.25) is 9.59 Å². The number of nitrogens with zero attached hydrogens (tertiary/aromatic N) is 1. The fraction of sp³-hybridized carbons (Fsp3) is 0.636. The molecular formula is C11H20N2O3. The minimum Gasteiger partial charge on any atom is -0.481 e. The average Bonchev–Trinajstić information content (AvgIpc) is 2.24. The van der Waals surface area contributed by atoms with Crippen LogP contribution in [0.25, 0.3) is 0 Å². The van der Waals surface area contributed by atoms with Crippen LogP contribution in [0.4, 0.5) is 0 Å². The summed E-state index contributed by atoms with van der Waals surface area (Å²) in [5.74, 6) is -1.72. The van der Waals surface area contributed by atoms with Crippen LogP contribution in [0.1, 0.15) is 20.3 Å². The van der Waals surface area contributed by atoms with E-state index in [0.29, 0.717) is 13.0 Å². The van der Waals surface area contributed by atoms with Gasteiger partial charge in [0.25, 0.3) is 0 Å². The van der Waals surface area contributed by atoms with Gasteiger partial charge in [-0.2, -0.15) is 0 Å². The molecule has 0 rings (SSSR count). The first-order chi connectivity index (χ1) is 7.43. The van der Waals surface area contributed by atoms with Crippen LogP contribution >= 0.6 is 0 Å². The Hall–Kier alpha value is -1.36. The third kappa shape index (κ3) is 4.44. The molecule has 0 aromatic carbocycles. The van der Waals surface area contributed by atoms with Gasteiger partial charge in [-0.05, 0) is 13.3 Å². The zero-order chi connectivity index (χ0) is 12.7. The fourth-order valence-electron chi connectivity index (χ4n) is 1.30. The number of nitrogens with two attached hydrogens (primary N) is 1. The number of amides is 1. The lowest BCUT2D eigenvalue weighted by Gasteiger charge is -2.25. The standard InChI is InChI=1S/C11H20N2O3/c1-4-6-9(12)10(14)13(5-2)7-8(3)11(15)16/h4,8-9H,1,5-7,12H2,2-3H3,(H,15,16). The zero-order valence-electron chi connectivity index (χ0n) is 9.85. The molecular weight excluding hydrogens is 208 g/mol. The van der Waals surface area contributed by atoms with Crippen LogP contribution < -0.4 is 5.73 Å². The predicted octanol–water partition coefficient (Wildman–Crippen LogP) is 0.459. The van der Waals surface area contributed by atoms with Crippen molar-refractivity contribution in [1.82, 2.24) is 4.90 Å². The van der Waals surface area contributed by atoms with Gasteiger partial charge in [0.2, 0.25) is 5.91 Å². The molecule has 5 heteroatoms. The van der Waals surface area contributed by atoms with Crippen molar-refractivity contribution in [3.05, 3.63) is 12.7 Å². The Morgan fingerprint density at radius 2 is 2.12 bits per heavy atom. The van der Waals surface area contributed by atoms with Gasteiger partial charge in [-0.15, -0.1) is 6.58 Å². The average molecular weight is 228 g/mol. The Kier molecular flexibility index (Phi) is 6.41. The second kappa shape index (κ2) is 7.00. The molecule has 0 saturated carbocycles. The van der Waals surface area contributed by atoms with Crippen LogP contribution in [0.15, 0.2) is 12.7 Å². The first-order valence-electron chi connectivity index (χ1n) is 5.32. The molecule has 3 N–H and O–H groups in total. The van der Waals surface area contributed by atoms with Crippen molar-refractivity contribution in [2.45, 2.75) is 26.3 Å². The fourth-order valence-corrected chi connectivity index (χ4v) is 1.30. The lowest BCUT2D eigenvalue weighted by molar-refractivity contribution is -0.143. The summed E-state index contributed by atoms with van der Waals surface area (Å²) in [6.07, 6.45) is 1.98. The summed E-state index contributed by atoms with van der Waals surface area (Å²) >= 11 is 0. The van der Waals surface area contributed by atoms with E-state index in [1.807, 2.05) is 0 Å². The minimum atomic E-state index is -0.913. The highest BCUT2D eigenvalue weighted by atomic mass is 16.4. The van der Waals surface area contributed by atoms with E-state index in [0.717, 1.165) is 0 Å². The molecule has 0 aromatic heterocycles. The van der Waals surface area contributed by atoms with Gasteiger partial charge in [0.1, 0.15) is 0 Å². The van der Waals surface area contributed by atoms with E-state index in [-0.39, 0.29) is 12.5 Å². The Balaban J connectivity index is 4.42. The van der Waals surface area contributed by atoms with E-state index < -0.39 is 17.9 Å². The maximum absolute atomic E-state index is 11.8. The molecule has 0 radical (unpaired) electrons. The maximum Gasteiger partial charge on any atom is 0.308 e. The number of aliphatic carboxylic acids is 1. The van der Waals surface area contributed by atoms with Crippen molar-refractivity contribution in [3.8, 4) is 0 Å². The Labute approximate surface area is 95.9 Å². The molecule has 0 aliphatic rings. The molecule has 92 valence electrons. The number of carbonyl (C=O) groups excluding carboxylic acids is 1. The van der Waals surface area contributed by atoms with Gasteiger partial charge < -0.3 is 15.7 Å². The van der Waals surface area contributed by atoms with Crippen molar-refractivity contribution in [2.75, 3.05) is 13.1 Å². The number of carboxylic acids is 1. The van der Waals surface area contributed by atoms with Crippen LogP contribution in [0.2, 0.25) is 0 Å². The van der Waals surface area contributed by atoms with Gasteiger partial charge in [0, 0.05) is 13.1 Å². The first-order valence-corrected chi connectivity index (χ1v) is 5.32. The van der Waals surface area contributed by atoms with E-state index in [4.69, 9.17) is 10.8 Å². The smallest absolute Gasteiger partial charge is 0.308 e. The van der Waals surface area contributed by atoms with Crippen molar-refractivity contribution in [2.24, 2.45) is 11.7 Å². The summed E-state index contributed by atoms with van der Waals surface area (Å²) in [5.41, 5.74) is 5.65. The summed E-state index contributed by atoms with van der Waals surface area (Å²) in [7, 11) is 0. The number of rotatable bonds is 7. The summed E-state index contributed by atoms with van der Waals surface area (Å²) in [4.78, 5) is 23.9. The number of carbonyl (C=O) groups is 2. The summed E-state index contributed by atoms with van der Waals surface area (Å²) < 4.78 is 0. The van der Waals surface area contributed by atoms with Gasteiger partial charge in [-0.25, -0.2) is 0 Å². The summed E-state index contributed by atoms with van der Waals surface area (Å²) in [5, 5.41) is 8.76. The van der Waals surface area contributed by atoms with Gasteiger partial charge >= 0.3 is 5.97 Å². The van der Waals surface area contributed by atoms with E-state index in [9.17, 15) is 9.59 Å². The zero-order valence-corrected chi connectivity index (χ0v) is 9.85. The molecule has 0 spiro atoms. The van der Waals surface area contributed by atoms with Crippen LogP contribution in [0.5, 0.6) is 0 Å². The molecule has 0 bridgehead atoms. The third-order valence-corrected chi connectivity index (χ3v) is 2.35. The topological polar surface area (TPSA) is 83.6 Å². The Morgan fingerprint density at radius 3 is 2.50 bits per heavy atom. The third-order valence-electron chi connectivity index (χ3n) is 2.35. The van der Waals surface area contributed by atoms with E-state index in [1.54, 1.807) is 19.9 Å².